The van der Waals surface area contributed by atoms with Gasteiger partial charge in [-0.05, 0) is 56.1 Å². The van der Waals surface area contributed by atoms with E-state index in [4.69, 9.17) is 9.47 Å². The zero-order chi connectivity index (χ0) is 18.9. The fraction of sp³-hybridized carbons (Fsp3) is 0.350. The topological polar surface area (TPSA) is 50.8 Å². The summed E-state index contributed by atoms with van der Waals surface area (Å²) in [6.45, 7) is 0.721. The lowest BCUT2D eigenvalue weighted by molar-refractivity contribution is -0.121. The molecule has 2 aromatic rings. The SMILES string of the molecule is COc1cccc(C(CNC(=O)CCOc2ccc(F)cc2)N(C)C)c1. The van der Waals surface area contributed by atoms with E-state index in [9.17, 15) is 9.18 Å². The van der Waals surface area contributed by atoms with E-state index < -0.39 is 0 Å². The Bertz CT molecular complexity index is 704. The number of nitrogens with zero attached hydrogens (tertiary/aromatic N) is 1. The van der Waals surface area contributed by atoms with Crippen molar-refractivity contribution < 1.29 is 18.7 Å². The molecular weight excluding hydrogens is 335 g/mol. The lowest BCUT2D eigenvalue weighted by Crippen LogP contribution is -2.35. The fourth-order valence-corrected chi connectivity index (χ4v) is 2.54. The maximum atomic E-state index is 12.8. The smallest absolute Gasteiger partial charge is 0.223 e. The third-order valence-electron chi connectivity index (χ3n) is 4.01. The monoisotopic (exact) mass is 360 g/mol. The first kappa shape index (κ1) is 19.7. The Kier molecular flexibility index (Phi) is 7.41. The molecule has 0 saturated heterocycles. The Morgan fingerprint density at radius 3 is 2.54 bits per heavy atom. The van der Waals surface area contributed by atoms with Crippen molar-refractivity contribution in [2.24, 2.45) is 0 Å². The number of nitrogens with one attached hydrogen (secondary N) is 1. The van der Waals surface area contributed by atoms with Crippen LogP contribution in [-0.4, -0.2) is 45.2 Å². The van der Waals surface area contributed by atoms with Crippen LogP contribution in [0.15, 0.2) is 48.5 Å². The number of carbonyl (C=O) groups excluding carboxylic acids is 1. The highest BCUT2D eigenvalue weighted by molar-refractivity contribution is 5.76. The van der Waals surface area contributed by atoms with Gasteiger partial charge >= 0.3 is 0 Å². The van der Waals surface area contributed by atoms with Crippen LogP contribution in [0.25, 0.3) is 0 Å². The van der Waals surface area contributed by atoms with Crippen LogP contribution in [0.5, 0.6) is 11.5 Å². The molecule has 6 heteroatoms. The molecule has 0 aromatic heterocycles. The Morgan fingerprint density at radius 1 is 1.15 bits per heavy atom. The predicted molar refractivity (Wildman–Crippen MR) is 98.9 cm³/mol. The Hall–Kier alpha value is -2.60. The van der Waals surface area contributed by atoms with Gasteiger partial charge in [0.15, 0.2) is 0 Å². The number of carbonyl (C=O) groups is 1. The summed E-state index contributed by atoms with van der Waals surface area (Å²) in [6.07, 6.45) is 0.232. The minimum Gasteiger partial charge on any atom is -0.497 e. The van der Waals surface area contributed by atoms with E-state index in [1.807, 2.05) is 43.3 Å². The number of amides is 1. The average Bonchev–Trinajstić information content (AvgIpc) is 2.63. The molecule has 0 saturated carbocycles. The summed E-state index contributed by atoms with van der Waals surface area (Å²) in [4.78, 5) is 14.1. The number of benzene rings is 2. The third kappa shape index (κ3) is 6.04. The second-order valence-electron chi connectivity index (χ2n) is 6.11. The molecule has 5 nitrogen and oxygen atoms in total. The number of hydrogen-bond donors (Lipinski definition) is 1. The van der Waals surface area contributed by atoms with E-state index in [1.54, 1.807) is 7.11 Å². The van der Waals surface area contributed by atoms with Crippen molar-refractivity contribution in [2.75, 3.05) is 34.4 Å². The molecule has 0 heterocycles. The average molecular weight is 360 g/mol. The molecule has 0 aliphatic heterocycles. The van der Waals surface area contributed by atoms with Crippen LogP contribution in [-0.2, 0) is 4.79 Å². The lowest BCUT2D eigenvalue weighted by Gasteiger charge is -2.25. The fourth-order valence-electron chi connectivity index (χ4n) is 2.54. The first-order chi connectivity index (χ1) is 12.5. The number of likely N-dealkylation sites (N-methyl/N-ethyl adjacent to an activating group) is 1. The van der Waals surface area contributed by atoms with Crippen molar-refractivity contribution in [1.29, 1.82) is 0 Å². The van der Waals surface area contributed by atoms with E-state index in [2.05, 4.69) is 5.32 Å². The van der Waals surface area contributed by atoms with Gasteiger partial charge in [0.2, 0.25) is 5.91 Å². The molecule has 0 radical (unpaired) electrons. The summed E-state index contributed by atoms with van der Waals surface area (Å²) < 4.78 is 23.5. The summed E-state index contributed by atoms with van der Waals surface area (Å²) >= 11 is 0. The lowest BCUT2D eigenvalue weighted by atomic mass is 10.1. The Balaban J connectivity index is 1.82. The van der Waals surface area contributed by atoms with Gasteiger partial charge in [0.05, 0.1) is 26.2 Å². The highest BCUT2D eigenvalue weighted by Gasteiger charge is 2.16. The van der Waals surface area contributed by atoms with E-state index in [0.717, 1.165) is 11.3 Å². The second-order valence-corrected chi connectivity index (χ2v) is 6.11. The van der Waals surface area contributed by atoms with Crippen molar-refractivity contribution in [3.63, 3.8) is 0 Å². The molecule has 2 rings (SSSR count). The van der Waals surface area contributed by atoms with Gasteiger partial charge in [0, 0.05) is 6.54 Å². The standard InChI is InChI=1S/C20H25FN2O3/c1-23(2)19(15-5-4-6-18(13-15)25-3)14-22-20(24)11-12-26-17-9-7-16(21)8-10-17/h4-10,13,19H,11-12,14H2,1-3H3,(H,22,24). The van der Waals surface area contributed by atoms with E-state index in [-0.39, 0.29) is 30.8 Å². The van der Waals surface area contributed by atoms with Crippen molar-refractivity contribution in [3.05, 3.63) is 59.9 Å². The van der Waals surface area contributed by atoms with Gasteiger partial charge < -0.3 is 19.7 Å². The minimum absolute atomic E-state index is 0.0343. The van der Waals surface area contributed by atoms with Crippen LogP contribution in [0, 0.1) is 5.82 Å². The summed E-state index contributed by atoms with van der Waals surface area (Å²) in [5, 5.41) is 2.93. The number of rotatable bonds is 9. The van der Waals surface area contributed by atoms with Crippen LogP contribution in [0.3, 0.4) is 0 Å². The first-order valence-corrected chi connectivity index (χ1v) is 8.45. The highest BCUT2D eigenvalue weighted by atomic mass is 19.1. The predicted octanol–water partition coefficient (Wildman–Crippen LogP) is 3.02. The molecule has 2 aromatic carbocycles. The molecule has 1 N–H and O–H groups in total. The molecule has 0 spiro atoms. The van der Waals surface area contributed by atoms with Crippen molar-refractivity contribution in [1.82, 2.24) is 10.2 Å². The zero-order valence-electron chi connectivity index (χ0n) is 15.4. The van der Waals surface area contributed by atoms with E-state index in [1.165, 1.54) is 24.3 Å². The van der Waals surface area contributed by atoms with Crippen molar-refractivity contribution >= 4 is 5.91 Å². The summed E-state index contributed by atoms with van der Waals surface area (Å²) in [5.41, 5.74) is 1.07. The maximum Gasteiger partial charge on any atom is 0.223 e. The maximum absolute atomic E-state index is 12.8. The molecule has 1 unspecified atom stereocenters. The molecule has 0 aliphatic carbocycles. The quantitative estimate of drug-likeness (QED) is 0.747. The molecule has 140 valence electrons. The van der Waals surface area contributed by atoms with Gasteiger partial charge in [0.1, 0.15) is 17.3 Å². The molecule has 26 heavy (non-hydrogen) atoms. The Labute approximate surface area is 153 Å². The molecule has 1 amide bonds. The van der Waals surface area contributed by atoms with Crippen LogP contribution in [0.1, 0.15) is 18.0 Å². The van der Waals surface area contributed by atoms with Crippen LogP contribution < -0.4 is 14.8 Å². The van der Waals surface area contributed by atoms with E-state index >= 15 is 0 Å². The zero-order valence-corrected chi connectivity index (χ0v) is 15.4. The van der Waals surface area contributed by atoms with E-state index in [0.29, 0.717) is 12.3 Å². The molecule has 0 aliphatic rings. The van der Waals surface area contributed by atoms with Crippen molar-refractivity contribution in [2.45, 2.75) is 12.5 Å². The van der Waals surface area contributed by atoms with Gasteiger partial charge in [-0.15, -0.1) is 0 Å². The molecule has 1 atom stereocenters. The van der Waals surface area contributed by atoms with Crippen LogP contribution in [0.2, 0.25) is 0 Å². The highest BCUT2D eigenvalue weighted by Crippen LogP contribution is 2.22. The molecular formula is C20H25FN2O3. The van der Waals surface area contributed by atoms with Crippen LogP contribution in [0.4, 0.5) is 4.39 Å². The molecule has 0 bridgehead atoms. The van der Waals surface area contributed by atoms with Gasteiger partial charge in [0.25, 0.3) is 0 Å². The second kappa shape index (κ2) is 9.77. The van der Waals surface area contributed by atoms with Gasteiger partial charge in [-0.3, -0.25) is 4.79 Å². The number of ether oxygens (including phenoxy) is 2. The van der Waals surface area contributed by atoms with Crippen LogP contribution >= 0.6 is 0 Å². The van der Waals surface area contributed by atoms with Gasteiger partial charge in [-0.2, -0.15) is 0 Å². The Morgan fingerprint density at radius 2 is 1.88 bits per heavy atom. The third-order valence-corrected chi connectivity index (χ3v) is 4.01. The number of hydrogen-bond acceptors (Lipinski definition) is 4. The van der Waals surface area contributed by atoms with Crippen molar-refractivity contribution in [3.8, 4) is 11.5 Å². The summed E-state index contributed by atoms with van der Waals surface area (Å²) in [6, 6.07) is 13.6. The number of methoxy groups -OCH3 is 1. The van der Waals surface area contributed by atoms with Gasteiger partial charge in [-0.25, -0.2) is 4.39 Å². The summed E-state index contributed by atoms with van der Waals surface area (Å²) in [7, 11) is 5.56. The number of halogens is 1. The first-order valence-electron chi connectivity index (χ1n) is 8.45. The normalized spacial score (nSPS) is 11.9. The minimum atomic E-state index is -0.317. The van der Waals surface area contributed by atoms with Gasteiger partial charge in [-0.1, -0.05) is 12.1 Å². The molecule has 0 fully saturated rings. The largest absolute Gasteiger partial charge is 0.497 e. The summed E-state index contributed by atoms with van der Waals surface area (Å²) in [5.74, 6) is 0.916.